The normalized spacial score (nSPS) is 17.1. The third-order valence-electron chi connectivity index (χ3n) is 4.91. The Morgan fingerprint density at radius 2 is 2.00 bits per heavy atom. The Morgan fingerprint density at radius 3 is 2.70 bits per heavy atom. The fourth-order valence-corrected chi connectivity index (χ4v) is 5.20. The second kappa shape index (κ2) is 7.19. The monoisotopic (exact) mass is 406 g/mol. The van der Waals surface area contributed by atoms with Crippen molar-refractivity contribution in [3.63, 3.8) is 0 Å². The summed E-state index contributed by atoms with van der Waals surface area (Å²) < 4.78 is 42.8. The summed E-state index contributed by atoms with van der Waals surface area (Å²) in [4.78, 5) is 0.283. The summed E-state index contributed by atoms with van der Waals surface area (Å²) in [7, 11) is 0.131. The topological polar surface area (TPSA) is 34.0 Å². The van der Waals surface area contributed by atoms with Crippen molar-refractivity contribution in [2.45, 2.75) is 23.8 Å². The first-order chi connectivity index (χ1) is 13.0. The van der Waals surface area contributed by atoms with Crippen molar-refractivity contribution in [1.29, 1.82) is 0 Å². The second-order valence-corrected chi connectivity index (χ2v) is 8.16. The lowest BCUT2D eigenvalue weighted by Gasteiger charge is -2.13. The molecule has 1 heterocycles. The molecule has 3 nitrogen and oxygen atoms in total. The highest BCUT2D eigenvalue weighted by Gasteiger charge is 2.31. The predicted molar refractivity (Wildman–Crippen MR) is 103 cm³/mol. The van der Waals surface area contributed by atoms with Crippen LogP contribution in [0.1, 0.15) is 23.6 Å². The average Bonchev–Trinajstić information content (AvgIpc) is 3.20. The largest absolute Gasteiger partial charge is 0.313 e. The number of halogens is 3. The minimum atomic E-state index is -1.74. The highest BCUT2D eigenvalue weighted by atomic mass is 35.5. The van der Waals surface area contributed by atoms with Gasteiger partial charge in [-0.05, 0) is 61.3 Å². The molecule has 3 aromatic rings. The molecule has 2 atom stereocenters. The lowest BCUT2D eigenvalue weighted by Crippen LogP contribution is -2.13. The molecule has 0 amide bonds. The third-order valence-corrected chi connectivity index (χ3v) is 6.71. The summed E-state index contributed by atoms with van der Waals surface area (Å²) in [5, 5.41) is 3.32. The summed E-state index contributed by atoms with van der Waals surface area (Å²) in [6.07, 6.45) is 3.44. The Morgan fingerprint density at radius 1 is 1.22 bits per heavy atom. The molecule has 0 saturated heterocycles. The van der Waals surface area contributed by atoms with Crippen molar-refractivity contribution in [1.82, 2.24) is 9.29 Å². The molecular formula is C20H17ClF2N2OS. The van der Waals surface area contributed by atoms with Crippen molar-refractivity contribution < 1.29 is 13.0 Å². The molecule has 1 N–H and O–H groups in total. The molecule has 7 heteroatoms. The number of benzene rings is 2. The molecule has 2 unspecified atom stereocenters. The van der Waals surface area contributed by atoms with Gasteiger partial charge in [0.15, 0.2) is 11.0 Å². The quantitative estimate of drug-likeness (QED) is 0.671. The second-order valence-electron chi connectivity index (χ2n) is 6.42. The van der Waals surface area contributed by atoms with Crippen LogP contribution >= 0.6 is 11.6 Å². The molecule has 0 bridgehead atoms. The van der Waals surface area contributed by atoms with Gasteiger partial charge in [0.05, 0.1) is 15.6 Å². The Hall–Kier alpha value is -2.02. The molecule has 0 spiro atoms. The van der Waals surface area contributed by atoms with Crippen LogP contribution in [0.3, 0.4) is 0 Å². The molecule has 140 valence electrons. The van der Waals surface area contributed by atoms with Crippen LogP contribution in [0.15, 0.2) is 53.6 Å². The summed E-state index contributed by atoms with van der Waals surface area (Å²) in [5.74, 6) is -0.880. The highest BCUT2D eigenvalue weighted by molar-refractivity contribution is 7.83. The van der Waals surface area contributed by atoms with E-state index in [1.54, 1.807) is 28.4 Å². The number of nitrogens with zero attached hydrogens (tertiary/aromatic N) is 1. The van der Waals surface area contributed by atoms with E-state index in [9.17, 15) is 13.0 Å². The molecule has 0 saturated carbocycles. The Bertz CT molecular complexity index is 1050. The first-order valence-electron chi connectivity index (χ1n) is 8.55. The summed E-state index contributed by atoms with van der Waals surface area (Å²) in [6.45, 7) is 0. The van der Waals surface area contributed by atoms with Crippen molar-refractivity contribution in [2.24, 2.45) is 0 Å². The SMILES string of the molecule is CNC1CCc2c1cn(S(=O)c1ccc(F)cc1Cl)c2-c1ccccc1F. The zero-order chi connectivity index (χ0) is 19.1. The van der Waals surface area contributed by atoms with Gasteiger partial charge >= 0.3 is 0 Å². The van der Waals surface area contributed by atoms with E-state index in [2.05, 4.69) is 5.32 Å². The molecule has 0 radical (unpaired) electrons. The Balaban J connectivity index is 1.93. The molecule has 4 rings (SSSR count). The standard InChI is InChI=1S/C20H17ClF2N2OS/c1-24-18-8-7-13-15(18)11-25(20(13)14-4-2-3-5-17(14)23)27(26)19-9-6-12(22)10-16(19)21/h2-6,9-11,18,24H,7-8H2,1H3. The summed E-state index contributed by atoms with van der Waals surface area (Å²) in [5.41, 5.74) is 2.95. The molecule has 2 aromatic carbocycles. The van der Waals surface area contributed by atoms with Crippen molar-refractivity contribution in [3.05, 3.63) is 76.4 Å². The maximum absolute atomic E-state index is 14.6. The number of nitrogens with one attached hydrogen (secondary N) is 1. The number of hydrogen-bond donors (Lipinski definition) is 1. The van der Waals surface area contributed by atoms with E-state index in [-0.39, 0.29) is 21.8 Å². The number of rotatable bonds is 4. The molecule has 1 aliphatic carbocycles. The van der Waals surface area contributed by atoms with Crippen molar-refractivity contribution >= 4 is 22.6 Å². The van der Waals surface area contributed by atoms with Crippen LogP contribution in [0.5, 0.6) is 0 Å². The molecule has 1 aromatic heterocycles. The molecule has 0 fully saturated rings. The van der Waals surface area contributed by atoms with Gasteiger partial charge in [0.25, 0.3) is 0 Å². The van der Waals surface area contributed by atoms with E-state index in [1.165, 1.54) is 18.2 Å². The van der Waals surface area contributed by atoms with E-state index >= 15 is 0 Å². The number of aromatic nitrogens is 1. The van der Waals surface area contributed by atoms with Gasteiger partial charge in [-0.25, -0.2) is 13.0 Å². The first kappa shape index (κ1) is 18.3. The van der Waals surface area contributed by atoms with Gasteiger partial charge < -0.3 is 5.32 Å². The summed E-state index contributed by atoms with van der Waals surface area (Å²) >= 11 is 6.12. The fourth-order valence-electron chi connectivity index (χ4n) is 3.63. The van der Waals surface area contributed by atoms with Crippen molar-refractivity contribution in [3.8, 4) is 11.3 Å². The van der Waals surface area contributed by atoms with Crippen LogP contribution in [-0.4, -0.2) is 15.2 Å². The Kier molecular flexibility index (Phi) is 4.88. The van der Waals surface area contributed by atoms with Crippen molar-refractivity contribution in [2.75, 3.05) is 7.05 Å². The Labute approximate surface area is 163 Å². The highest BCUT2D eigenvalue weighted by Crippen LogP contribution is 2.41. The van der Waals surface area contributed by atoms with Crippen LogP contribution in [0.25, 0.3) is 11.3 Å². The van der Waals surface area contributed by atoms with Crippen LogP contribution in [-0.2, 0) is 17.4 Å². The number of hydrogen-bond acceptors (Lipinski definition) is 2. The van der Waals surface area contributed by atoms with Crippen LogP contribution in [0.4, 0.5) is 8.78 Å². The van der Waals surface area contributed by atoms with Gasteiger partial charge in [-0.1, -0.05) is 23.7 Å². The van der Waals surface area contributed by atoms with Crippen LogP contribution in [0, 0.1) is 11.6 Å². The van der Waals surface area contributed by atoms with E-state index in [0.29, 0.717) is 11.3 Å². The van der Waals surface area contributed by atoms with E-state index < -0.39 is 16.8 Å². The van der Waals surface area contributed by atoms with Gasteiger partial charge in [-0.15, -0.1) is 0 Å². The lowest BCUT2D eigenvalue weighted by molar-refractivity contribution is 0.587. The van der Waals surface area contributed by atoms with Gasteiger partial charge in [-0.3, -0.25) is 3.97 Å². The minimum Gasteiger partial charge on any atom is -0.313 e. The average molecular weight is 407 g/mol. The van der Waals surface area contributed by atoms with E-state index in [0.717, 1.165) is 30.0 Å². The molecule has 0 aliphatic heterocycles. The number of fused-ring (bicyclic) bond motifs is 1. The van der Waals surface area contributed by atoms with Gasteiger partial charge in [0, 0.05) is 17.8 Å². The van der Waals surface area contributed by atoms with Gasteiger partial charge in [0.1, 0.15) is 11.6 Å². The van der Waals surface area contributed by atoms with Crippen LogP contribution < -0.4 is 5.32 Å². The molecular weight excluding hydrogens is 390 g/mol. The van der Waals surface area contributed by atoms with E-state index in [4.69, 9.17) is 11.6 Å². The van der Waals surface area contributed by atoms with Crippen LogP contribution in [0.2, 0.25) is 5.02 Å². The zero-order valence-electron chi connectivity index (χ0n) is 14.5. The fraction of sp³-hybridized carbons (Fsp3) is 0.200. The predicted octanol–water partition coefficient (Wildman–Crippen LogP) is 4.86. The van der Waals surface area contributed by atoms with E-state index in [1.807, 2.05) is 7.05 Å². The maximum atomic E-state index is 14.6. The lowest BCUT2D eigenvalue weighted by atomic mass is 10.1. The maximum Gasteiger partial charge on any atom is 0.158 e. The third kappa shape index (κ3) is 3.12. The van der Waals surface area contributed by atoms with Gasteiger partial charge in [0.2, 0.25) is 0 Å². The summed E-state index contributed by atoms with van der Waals surface area (Å²) in [6, 6.07) is 10.3. The zero-order valence-corrected chi connectivity index (χ0v) is 16.1. The van der Waals surface area contributed by atoms with Gasteiger partial charge in [-0.2, -0.15) is 0 Å². The molecule has 27 heavy (non-hydrogen) atoms. The minimum absolute atomic E-state index is 0.0758. The smallest absolute Gasteiger partial charge is 0.158 e. The first-order valence-corrected chi connectivity index (χ1v) is 10.0. The molecule has 1 aliphatic rings.